The number of hydrogen-bond acceptors (Lipinski definition) is 6. The van der Waals surface area contributed by atoms with Gasteiger partial charge in [-0.25, -0.2) is 4.98 Å². The van der Waals surface area contributed by atoms with Gasteiger partial charge >= 0.3 is 0 Å². The van der Waals surface area contributed by atoms with Crippen LogP contribution in [0.3, 0.4) is 0 Å². The zero-order chi connectivity index (χ0) is 23.7. The summed E-state index contributed by atoms with van der Waals surface area (Å²) in [6.45, 7) is 0. The highest BCUT2D eigenvalue weighted by atomic mass is 32.2. The van der Waals surface area contributed by atoms with Crippen molar-refractivity contribution in [2.45, 2.75) is 4.90 Å². The highest BCUT2D eigenvalue weighted by molar-refractivity contribution is 7.86. The molecule has 5 aromatic rings. The molecule has 0 fully saturated rings. The summed E-state index contributed by atoms with van der Waals surface area (Å²) in [5.41, 5.74) is 3.21. The van der Waals surface area contributed by atoms with Crippen molar-refractivity contribution in [1.29, 1.82) is 0 Å². The minimum Gasteiger partial charge on any atom is -0.505 e. The molecule has 0 spiro atoms. The Morgan fingerprint density at radius 2 is 1.56 bits per heavy atom. The maximum Gasteiger partial charge on any atom is 0.295 e. The molecule has 3 N–H and O–H groups in total. The molecule has 0 aliphatic rings. The molecule has 0 saturated heterocycles. The van der Waals surface area contributed by atoms with Crippen molar-refractivity contribution >= 4 is 55.5 Å². The predicted molar refractivity (Wildman–Crippen MR) is 131 cm³/mol. The number of rotatable bonds is 5. The Balaban J connectivity index is 1.40. The Hall–Kier alpha value is -4.34. The molecule has 1 aromatic heterocycles. The third-order valence-corrected chi connectivity index (χ3v) is 6.14. The van der Waals surface area contributed by atoms with Crippen LogP contribution in [-0.2, 0) is 10.1 Å². The molecule has 0 aliphatic heterocycles. The van der Waals surface area contributed by atoms with Crippen LogP contribution < -0.4 is 0 Å². The highest BCUT2D eigenvalue weighted by Gasteiger charge is 2.19. The van der Waals surface area contributed by atoms with Crippen molar-refractivity contribution in [3.63, 3.8) is 0 Å². The van der Waals surface area contributed by atoms with Crippen molar-refractivity contribution in [3.05, 3.63) is 90.3 Å². The lowest BCUT2D eigenvalue weighted by atomic mass is 10.1. The first-order chi connectivity index (χ1) is 16.4. The monoisotopic (exact) mass is 470 g/mol. The van der Waals surface area contributed by atoms with E-state index in [-0.39, 0.29) is 27.1 Å². The van der Waals surface area contributed by atoms with E-state index >= 15 is 0 Å². The zero-order valence-electron chi connectivity index (χ0n) is 17.6. The van der Waals surface area contributed by atoms with Crippen LogP contribution in [0.5, 0.6) is 5.75 Å². The fourth-order valence-corrected chi connectivity index (χ4v) is 4.31. The molecule has 168 valence electrons. The van der Waals surface area contributed by atoms with Crippen LogP contribution in [0.15, 0.2) is 94.0 Å². The van der Waals surface area contributed by atoms with Crippen molar-refractivity contribution in [3.8, 4) is 5.75 Å². The number of nitrogens with zero attached hydrogens (tertiary/aromatic N) is 3. The van der Waals surface area contributed by atoms with Gasteiger partial charge in [0.05, 0.1) is 16.7 Å². The molecule has 0 bridgehead atoms. The topological polar surface area (TPSA) is 128 Å². The average Bonchev–Trinajstić information content (AvgIpc) is 3.25. The summed E-state index contributed by atoms with van der Waals surface area (Å²) in [4.78, 5) is 7.39. The summed E-state index contributed by atoms with van der Waals surface area (Å²) in [5, 5.41) is 19.1. The number of H-pyrrole nitrogens is 1. The molecule has 0 radical (unpaired) electrons. The molecular formula is C25H18N4O4S. The second-order valence-corrected chi connectivity index (χ2v) is 8.92. The van der Waals surface area contributed by atoms with Crippen molar-refractivity contribution in [1.82, 2.24) is 9.97 Å². The number of phenols is 1. The van der Waals surface area contributed by atoms with E-state index in [1.165, 1.54) is 6.07 Å². The fourth-order valence-electron chi connectivity index (χ4n) is 3.59. The predicted octanol–water partition coefficient (Wildman–Crippen LogP) is 6.25. The number of azo groups is 1. The zero-order valence-corrected chi connectivity index (χ0v) is 18.4. The number of phenolic OH excluding ortho intramolecular Hbond substituents is 1. The molecule has 0 atom stereocenters. The second-order valence-electron chi connectivity index (χ2n) is 7.53. The normalized spacial score (nSPS) is 12.4. The first-order valence-corrected chi connectivity index (χ1v) is 11.7. The molecule has 1 heterocycles. The van der Waals surface area contributed by atoms with Crippen LogP contribution in [-0.4, -0.2) is 28.0 Å². The Bertz CT molecular complexity index is 1660. The maximum absolute atomic E-state index is 11.8. The summed E-state index contributed by atoms with van der Waals surface area (Å²) < 4.78 is 33.2. The van der Waals surface area contributed by atoms with Gasteiger partial charge in [0.15, 0.2) is 5.75 Å². The number of imidazole rings is 1. The quantitative estimate of drug-likeness (QED) is 0.206. The first-order valence-electron chi connectivity index (χ1n) is 10.3. The molecule has 0 unspecified atom stereocenters. The van der Waals surface area contributed by atoms with Gasteiger partial charge in [0.2, 0.25) is 0 Å². The van der Waals surface area contributed by atoms with Gasteiger partial charge in [-0.05, 0) is 42.0 Å². The molecule has 0 amide bonds. The van der Waals surface area contributed by atoms with Gasteiger partial charge < -0.3 is 10.1 Å². The molecular weight excluding hydrogens is 452 g/mol. The minimum absolute atomic E-state index is 0.0693. The second kappa shape index (κ2) is 8.54. The Labute approximate surface area is 194 Å². The molecule has 0 aliphatic carbocycles. The van der Waals surface area contributed by atoms with E-state index in [1.807, 2.05) is 48.6 Å². The van der Waals surface area contributed by atoms with Crippen LogP contribution in [0.25, 0.3) is 34.0 Å². The van der Waals surface area contributed by atoms with Gasteiger partial charge in [0, 0.05) is 10.8 Å². The van der Waals surface area contributed by atoms with Crippen molar-refractivity contribution < 1.29 is 18.1 Å². The number of aromatic nitrogens is 2. The largest absolute Gasteiger partial charge is 0.505 e. The minimum atomic E-state index is -4.52. The van der Waals surface area contributed by atoms with Crippen LogP contribution in [0.4, 0.5) is 11.4 Å². The number of nitrogens with one attached hydrogen (secondary N) is 1. The lowest BCUT2D eigenvalue weighted by molar-refractivity contribution is 0.480. The highest BCUT2D eigenvalue weighted by Crippen LogP contribution is 2.39. The summed E-state index contributed by atoms with van der Waals surface area (Å²) in [5.74, 6) is 0.517. The summed E-state index contributed by atoms with van der Waals surface area (Å²) in [7, 11) is -4.52. The SMILES string of the molecule is O=S(=O)(O)c1cc(N=Nc2ccc(C=Cc3nc4ccccc4[nH]3)cc2)c(O)c2ccccc12. The van der Waals surface area contributed by atoms with Crippen molar-refractivity contribution in [2.24, 2.45) is 10.2 Å². The third kappa shape index (κ3) is 4.29. The molecule has 34 heavy (non-hydrogen) atoms. The van der Waals surface area contributed by atoms with E-state index in [9.17, 15) is 18.1 Å². The summed E-state index contributed by atoms with van der Waals surface area (Å²) in [6.07, 6.45) is 3.78. The number of para-hydroxylation sites is 2. The van der Waals surface area contributed by atoms with E-state index in [0.717, 1.165) is 28.5 Å². The van der Waals surface area contributed by atoms with Crippen LogP contribution in [0.2, 0.25) is 0 Å². The molecule has 8 nitrogen and oxygen atoms in total. The van der Waals surface area contributed by atoms with Gasteiger partial charge in [0.1, 0.15) is 16.4 Å². The first kappa shape index (κ1) is 21.5. The lowest BCUT2D eigenvalue weighted by Gasteiger charge is -2.08. The Morgan fingerprint density at radius 1 is 0.853 bits per heavy atom. The van der Waals surface area contributed by atoms with E-state index < -0.39 is 10.1 Å². The van der Waals surface area contributed by atoms with Gasteiger partial charge in [-0.15, -0.1) is 5.11 Å². The third-order valence-electron chi connectivity index (χ3n) is 5.24. The van der Waals surface area contributed by atoms with E-state index in [2.05, 4.69) is 20.2 Å². The number of hydrogen-bond donors (Lipinski definition) is 3. The van der Waals surface area contributed by atoms with Crippen LogP contribution >= 0.6 is 0 Å². The van der Waals surface area contributed by atoms with Crippen LogP contribution in [0.1, 0.15) is 11.4 Å². The lowest BCUT2D eigenvalue weighted by Crippen LogP contribution is -1.99. The number of aromatic amines is 1. The van der Waals surface area contributed by atoms with E-state index in [0.29, 0.717) is 5.69 Å². The Morgan fingerprint density at radius 3 is 2.29 bits per heavy atom. The molecule has 5 rings (SSSR count). The number of benzene rings is 4. The summed E-state index contributed by atoms with van der Waals surface area (Å²) in [6, 6.07) is 22.4. The molecule has 0 saturated carbocycles. The summed E-state index contributed by atoms with van der Waals surface area (Å²) >= 11 is 0. The van der Waals surface area contributed by atoms with Gasteiger partial charge in [-0.1, -0.05) is 54.6 Å². The smallest absolute Gasteiger partial charge is 0.295 e. The molecule has 9 heteroatoms. The van der Waals surface area contributed by atoms with Crippen molar-refractivity contribution in [2.75, 3.05) is 0 Å². The standard InChI is InChI=1S/C25H18N4O4S/c30-25-19-6-2-1-5-18(19)23(34(31,32)33)15-22(25)29-28-17-12-9-16(10-13-17)11-14-24-26-20-7-3-4-8-21(20)27-24/h1-15,30H,(H,26,27)(H,31,32,33). The van der Waals surface area contributed by atoms with Gasteiger partial charge in [-0.3, -0.25) is 4.55 Å². The maximum atomic E-state index is 11.8. The fraction of sp³-hybridized carbons (Fsp3) is 0. The Kier molecular flexibility index (Phi) is 5.40. The van der Waals surface area contributed by atoms with E-state index in [1.54, 1.807) is 30.3 Å². The van der Waals surface area contributed by atoms with Crippen LogP contribution in [0, 0.1) is 0 Å². The number of aromatic hydroxyl groups is 1. The average molecular weight is 471 g/mol. The van der Waals surface area contributed by atoms with E-state index in [4.69, 9.17) is 0 Å². The number of fused-ring (bicyclic) bond motifs is 2. The van der Waals surface area contributed by atoms with Gasteiger partial charge in [0.25, 0.3) is 10.1 Å². The molecule has 4 aromatic carbocycles. The van der Waals surface area contributed by atoms with Gasteiger partial charge in [-0.2, -0.15) is 13.5 Å².